The summed E-state index contributed by atoms with van der Waals surface area (Å²) in [7, 11) is 1.64. The van der Waals surface area contributed by atoms with Gasteiger partial charge in [0, 0.05) is 6.54 Å². The fourth-order valence-electron chi connectivity index (χ4n) is 1.50. The number of aromatic nitrogens is 3. The lowest BCUT2D eigenvalue weighted by molar-refractivity contribution is 0.412. The zero-order chi connectivity index (χ0) is 12.3. The summed E-state index contributed by atoms with van der Waals surface area (Å²) in [4.78, 5) is 0. The van der Waals surface area contributed by atoms with E-state index in [-0.39, 0.29) is 0 Å². The highest BCUT2D eigenvalue weighted by molar-refractivity contribution is 9.10. The molecule has 1 aromatic carbocycles. The molecule has 1 aromatic heterocycles. The molecule has 0 fully saturated rings. The molecule has 2 aromatic rings. The minimum absolute atomic E-state index is 0.409. The summed E-state index contributed by atoms with van der Waals surface area (Å²) in [6.45, 7) is 1.07. The van der Waals surface area contributed by atoms with Gasteiger partial charge in [-0.2, -0.15) is 0 Å². The van der Waals surface area contributed by atoms with E-state index in [1.165, 1.54) is 0 Å². The van der Waals surface area contributed by atoms with Crippen molar-refractivity contribution in [3.05, 3.63) is 40.1 Å². The van der Waals surface area contributed by atoms with Crippen LogP contribution in [0.1, 0.15) is 11.3 Å². The third-order valence-corrected chi connectivity index (χ3v) is 2.98. The summed E-state index contributed by atoms with van der Waals surface area (Å²) >= 11 is 3.45. The van der Waals surface area contributed by atoms with Crippen molar-refractivity contribution in [2.45, 2.75) is 13.1 Å². The number of rotatable bonds is 4. The monoisotopic (exact) mass is 296 g/mol. The van der Waals surface area contributed by atoms with Crippen LogP contribution >= 0.6 is 15.9 Å². The van der Waals surface area contributed by atoms with Crippen molar-refractivity contribution >= 4 is 15.9 Å². The summed E-state index contributed by atoms with van der Waals surface area (Å²) in [6, 6.07) is 5.91. The Balaban J connectivity index is 2.15. The van der Waals surface area contributed by atoms with Crippen LogP contribution in [-0.4, -0.2) is 22.1 Å². The fourth-order valence-corrected chi connectivity index (χ4v) is 2.09. The molecule has 0 unspecified atom stereocenters. The van der Waals surface area contributed by atoms with Gasteiger partial charge in [0.15, 0.2) is 0 Å². The molecule has 0 aliphatic heterocycles. The van der Waals surface area contributed by atoms with Crippen molar-refractivity contribution < 1.29 is 4.74 Å². The highest BCUT2D eigenvalue weighted by Gasteiger charge is 2.03. The van der Waals surface area contributed by atoms with E-state index in [0.717, 1.165) is 21.5 Å². The molecule has 0 bridgehead atoms. The van der Waals surface area contributed by atoms with Crippen molar-refractivity contribution in [2.75, 3.05) is 7.11 Å². The molecule has 2 rings (SSSR count). The molecule has 90 valence electrons. The lowest BCUT2D eigenvalue weighted by atomic mass is 10.2. The fraction of sp³-hybridized carbons (Fsp3) is 0.273. The second-order valence-corrected chi connectivity index (χ2v) is 4.43. The van der Waals surface area contributed by atoms with Crippen molar-refractivity contribution in [1.29, 1.82) is 0 Å². The molecule has 2 N–H and O–H groups in total. The van der Waals surface area contributed by atoms with Crippen LogP contribution in [0.5, 0.6) is 5.75 Å². The molecule has 0 atom stereocenters. The Kier molecular flexibility index (Phi) is 3.75. The first-order chi connectivity index (χ1) is 8.22. The third-order valence-electron chi connectivity index (χ3n) is 2.36. The average Bonchev–Trinajstić information content (AvgIpc) is 2.77. The van der Waals surface area contributed by atoms with E-state index >= 15 is 0 Å². The second-order valence-electron chi connectivity index (χ2n) is 3.58. The molecule has 0 radical (unpaired) electrons. The predicted molar refractivity (Wildman–Crippen MR) is 67.7 cm³/mol. The van der Waals surface area contributed by atoms with Crippen molar-refractivity contribution in [3.63, 3.8) is 0 Å². The number of benzene rings is 1. The number of methoxy groups -OCH3 is 1. The zero-order valence-electron chi connectivity index (χ0n) is 9.43. The van der Waals surface area contributed by atoms with Gasteiger partial charge in [-0.15, -0.1) is 5.10 Å². The summed E-state index contributed by atoms with van der Waals surface area (Å²) in [6.07, 6.45) is 1.85. The molecule has 0 saturated carbocycles. The van der Waals surface area contributed by atoms with Crippen molar-refractivity contribution in [1.82, 2.24) is 15.0 Å². The second kappa shape index (κ2) is 5.29. The maximum atomic E-state index is 5.48. The van der Waals surface area contributed by atoms with Gasteiger partial charge < -0.3 is 10.5 Å². The average molecular weight is 297 g/mol. The predicted octanol–water partition coefficient (Wildman–Crippen LogP) is 1.56. The Labute approximate surface area is 108 Å². The standard InChI is InChI=1S/C11H13BrN4O/c1-17-11-3-2-8(4-10(11)12)6-16-7-9(5-13)14-15-16/h2-4,7H,5-6,13H2,1H3. The van der Waals surface area contributed by atoms with Crippen molar-refractivity contribution in [3.8, 4) is 5.75 Å². The van der Waals surface area contributed by atoms with Gasteiger partial charge in [0.25, 0.3) is 0 Å². The Morgan fingerprint density at radius 1 is 1.47 bits per heavy atom. The van der Waals surface area contributed by atoms with E-state index in [4.69, 9.17) is 10.5 Å². The first-order valence-corrected chi connectivity index (χ1v) is 5.93. The minimum atomic E-state index is 0.409. The van der Waals surface area contributed by atoms with Gasteiger partial charge in [-0.3, -0.25) is 0 Å². The molecule has 17 heavy (non-hydrogen) atoms. The maximum absolute atomic E-state index is 5.48. The highest BCUT2D eigenvalue weighted by Crippen LogP contribution is 2.25. The van der Waals surface area contributed by atoms with E-state index in [9.17, 15) is 0 Å². The smallest absolute Gasteiger partial charge is 0.133 e. The highest BCUT2D eigenvalue weighted by atomic mass is 79.9. The van der Waals surface area contributed by atoms with Gasteiger partial charge in [0.1, 0.15) is 5.75 Å². The van der Waals surface area contributed by atoms with Crippen LogP contribution in [0.2, 0.25) is 0 Å². The van der Waals surface area contributed by atoms with E-state index in [0.29, 0.717) is 13.1 Å². The summed E-state index contributed by atoms with van der Waals surface area (Å²) in [5.41, 5.74) is 7.38. The molecule has 0 spiro atoms. The van der Waals surface area contributed by atoms with Crippen LogP contribution in [0.15, 0.2) is 28.9 Å². The third kappa shape index (κ3) is 2.83. The summed E-state index contributed by atoms with van der Waals surface area (Å²) in [5.74, 6) is 0.815. The molecular weight excluding hydrogens is 284 g/mol. The van der Waals surface area contributed by atoms with Crippen LogP contribution in [0.4, 0.5) is 0 Å². The number of halogens is 1. The SMILES string of the molecule is COc1ccc(Cn2cc(CN)nn2)cc1Br. The van der Waals surface area contributed by atoms with E-state index in [1.54, 1.807) is 11.8 Å². The molecule has 5 nitrogen and oxygen atoms in total. The number of nitrogens with zero attached hydrogens (tertiary/aromatic N) is 3. The zero-order valence-corrected chi connectivity index (χ0v) is 11.0. The summed E-state index contributed by atoms with van der Waals surface area (Å²) < 4.78 is 7.86. The first kappa shape index (κ1) is 12.1. The summed E-state index contributed by atoms with van der Waals surface area (Å²) in [5, 5.41) is 7.93. The van der Waals surface area contributed by atoms with Crippen LogP contribution < -0.4 is 10.5 Å². The molecule has 0 aliphatic rings. The van der Waals surface area contributed by atoms with Gasteiger partial charge in [0.05, 0.1) is 30.0 Å². The molecule has 6 heteroatoms. The Bertz CT molecular complexity index is 512. The number of hydrogen-bond donors (Lipinski definition) is 1. The largest absolute Gasteiger partial charge is 0.496 e. The van der Waals surface area contributed by atoms with Gasteiger partial charge in [0.2, 0.25) is 0 Å². The van der Waals surface area contributed by atoms with E-state index in [1.807, 2.05) is 24.4 Å². The van der Waals surface area contributed by atoms with Crippen LogP contribution in [0, 0.1) is 0 Å². The van der Waals surface area contributed by atoms with E-state index in [2.05, 4.69) is 26.2 Å². The quantitative estimate of drug-likeness (QED) is 0.930. The lowest BCUT2D eigenvalue weighted by Crippen LogP contribution is -2.01. The van der Waals surface area contributed by atoms with Crippen LogP contribution in [0.25, 0.3) is 0 Å². The minimum Gasteiger partial charge on any atom is -0.496 e. The van der Waals surface area contributed by atoms with Gasteiger partial charge in [-0.05, 0) is 33.6 Å². The molecule has 0 aliphatic carbocycles. The number of ether oxygens (including phenoxy) is 1. The Hall–Kier alpha value is -1.40. The van der Waals surface area contributed by atoms with E-state index < -0.39 is 0 Å². The Morgan fingerprint density at radius 2 is 2.29 bits per heavy atom. The molecule has 0 amide bonds. The topological polar surface area (TPSA) is 66.0 Å². The van der Waals surface area contributed by atoms with Gasteiger partial charge in [-0.25, -0.2) is 4.68 Å². The Morgan fingerprint density at radius 3 is 2.88 bits per heavy atom. The van der Waals surface area contributed by atoms with Crippen LogP contribution in [0.3, 0.4) is 0 Å². The number of hydrogen-bond acceptors (Lipinski definition) is 4. The lowest BCUT2D eigenvalue weighted by Gasteiger charge is -2.06. The molecular formula is C11H13BrN4O. The normalized spacial score (nSPS) is 10.5. The van der Waals surface area contributed by atoms with Gasteiger partial charge >= 0.3 is 0 Å². The molecule has 0 saturated heterocycles. The van der Waals surface area contributed by atoms with Crippen molar-refractivity contribution in [2.24, 2.45) is 5.73 Å². The maximum Gasteiger partial charge on any atom is 0.133 e. The first-order valence-electron chi connectivity index (χ1n) is 5.14. The number of nitrogens with two attached hydrogens (primary N) is 1. The van der Waals surface area contributed by atoms with Gasteiger partial charge in [-0.1, -0.05) is 11.3 Å². The van der Waals surface area contributed by atoms with Crippen LogP contribution in [-0.2, 0) is 13.1 Å². The molecule has 1 heterocycles.